The molecule has 2 aliphatic carbocycles. The van der Waals surface area contributed by atoms with Gasteiger partial charge in [0.2, 0.25) is 11.8 Å². The van der Waals surface area contributed by atoms with Gasteiger partial charge in [-0.1, -0.05) is 44.0 Å². The number of halogens is 2. The maximum absolute atomic E-state index is 13.1. The highest BCUT2D eigenvalue weighted by Crippen LogP contribution is 2.60. The molecule has 2 aromatic carbocycles. The highest BCUT2D eigenvalue weighted by atomic mass is 79.9. The lowest BCUT2D eigenvalue weighted by molar-refractivity contribution is -0.123. The first-order chi connectivity index (χ1) is 14.9. The molecule has 0 radical (unpaired) electrons. The van der Waals surface area contributed by atoms with Crippen molar-refractivity contribution < 1.29 is 23.9 Å². The molecule has 31 heavy (non-hydrogen) atoms. The molecule has 2 amide bonds. The van der Waals surface area contributed by atoms with Crippen LogP contribution in [0.2, 0.25) is 0 Å². The second kappa shape index (κ2) is 7.74. The van der Waals surface area contributed by atoms with Crippen molar-refractivity contribution in [2.45, 2.75) is 16.1 Å². The van der Waals surface area contributed by atoms with E-state index in [1.807, 2.05) is 0 Å². The number of anilines is 1. The Bertz CT molecular complexity index is 1040. The van der Waals surface area contributed by atoms with Gasteiger partial charge in [0.05, 0.1) is 24.6 Å². The van der Waals surface area contributed by atoms with Crippen molar-refractivity contribution in [1.82, 2.24) is 0 Å². The summed E-state index contributed by atoms with van der Waals surface area (Å²) in [5.74, 6) is -0.262. The van der Waals surface area contributed by atoms with Crippen LogP contribution in [0, 0.1) is 23.7 Å². The molecule has 1 saturated heterocycles. The van der Waals surface area contributed by atoms with E-state index < -0.39 is 5.97 Å². The predicted molar refractivity (Wildman–Crippen MR) is 121 cm³/mol. The molecule has 6 atom stereocenters. The monoisotopic (exact) mass is 547 g/mol. The molecule has 2 saturated carbocycles. The first-order valence-corrected chi connectivity index (χ1v) is 11.9. The number of amides is 2. The van der Waals surface area contributed by atoms with Gasteiger partial charge in [-0.25, -0.2) is 4.79 Å². The number of hydrogen-bond donors (Lipinski definition) is 0. The standard InChI is InChI=1S/C23H19Br2NO5/c1-30-16-5-3-2-4-13(16)23(29)31-12-8-6-11(7-9-12)26-21(27)17-14-10-15(18(17)22(26)28)20(25)19(14)24/h2-9,14-15,17-20H,10H2,1H3/t14-,15+,17-,18-,19-,20+/m0/s1. The molecule has 2 bridgehead atoms. The normalized spacial score (nSPS) is 31.1. The van der Waals surface area contributed by atoms with Crippen LogP contribution in [-0.4, -0.2) is 34.5 Å². The Morgan fingerprint density at radius 3 is 2.10 bits per heavy atom. The van der Waals surface area contributed by atoms with Gasteiger partial charge >= 0.3 is 5.97 Å². The minimum absolute atomic E-state index is 0.134. The molecule has 0 aromatic heterocycles. The van der Waals surface area contributed by atoms with E-state index in [4.69, 9.17) is 9.47 Å². The van der Waals surface area contributed by atoms with Crippen molar-refractivity contribution in [2.24, 2.45) is 23.7 Å². The van der Waals surface area contributed by atoms with Crippen molar-refractivity contribution >= 4 is 55.3 Å². The molecule has 0 spiro atoms. The van der Waals surface area contributed by atoms with E-state index in [2.05, 4.69) is 31.9 Å². The number of methoxy groups -OCH3 is 1. The fourth-order valence-corrected chi connectivity index (χ4v) is 7.12. The van der Waals surface area contributed by atoms with Crippen molar-refractivity contribution in [3.05, 3.63) is 54.1 Å². The summed E-state index contributed by atoms with van der Waals surface area (Å²) in [5, 5.41) is 0. The Hall–Kier alpha value is -2.19. The molecule has 1 heterocycles. The van der Waals surface area contributed by atoms with E-state index >= 15 is 0 Å². The number of fused-ring (bicyclic) bond motifs is 5. The third-order valence-electron chi connectivity index (χ3n) is 6.62. The predicted octanol–water partition coefficient (Wildman–Crippen LogP) is 4.20. The largest absolute Gasteiger partial charge is 0.496 e. The molecule has 3 fully saturated rings. The molecule has 1 aliphatic heterocycles. The maximum Gasteiger partial charge on any atom is 0.347 e. The third-order valence-corrected chi connectivity index (χ3v) is 9.83. The topological polar surface area (TPSA) is 72.9 Å². The first kappa shape index (κ1) is 20.7. The highest BCUT2D eigenvalue weighted by Gasteiger charge is 2.66. The van der Waals surface area contributed by atoms with Gasteiger partial charge in [0.1, 0.15) is 17.1 Å². The zero-order chi connectivity index (χ0) is 21.9. The second-order valence-electron chi connectivity index (χ2n) is 8.10. The zero-order valence-electron chi connectivity index (χ0n) is 16.5. The van der Waals surface area contributed by atoms with Crippen LogP contribution in [0.5, 0.6) is 11.5 Å². The van der Waals surface area contributed by atoms with Crippen LogP contribution < -0.4 is 14.4 Å². The Morgan fingerprint density at radius 1 is 0.935 bits per heavy atom. The summed E-state index contributed by atoms with van der Waals surface area (Å²) in [5.41, 5.74) is 0.814. The lowest BCUT2D eigenvalue weighted by Gasteiger charge is -2.28. The minimum atomic E-state index is -0.545. The molecular weight excluding hydrogens is 530 g/mol. The quantitative estimate of drug-likeness (QED) is 0.248. The van der Waals surface area contributed by atoms with Crippen LogP contribution in [0.25, 0.3) is 0 Å². The Morgan fingerprint density at radius 2 is 1.52 bits per heavy atom. The molecule has 2 aromatic rings. The number of hydrogen-bond acceptors (Lipinski definition) is 5. The smallest absolute Gasteiger partial charge is 0.347 e. The SMILES string of the molecule is COc1ccccc1C(=O)Oc1ccc(N2C(=O)[C@H]3[C@@H]4C[C@@H]([C@@H](Br)[C@H]4Br)[C@@H]3C2=O)cc1. The fraction of sp³-hybridized carbons (Fsp3) is 0.348. The lowest BCUT2D eigenvalue weighted by Crippen LogP contribution is -2.37. The van der Waals surface area contributed by atoms with Crippen molar-refractivity contribution in [3.63, 3.8) is 0 Å². The van der Waals surface area contributed by atoms with Gasteiger partial charge in [-0.15, -0.1) is 0 Å². The molecule has 8 heteroatoms. The summed E-state index contributed by atoms with van der Waals surface area (Å²) in [6, 6.07) is 13.3. The van der Waals surface area contributed by atoms with Crippen molar-refractivity contribution in [2.75, 3.05) is 12.0 Å². The first-order valence-electron chi connectivity index (χ1n) is 10.0. The molecular formula is C23H19Br2NO5. The van der Waals surface area contributed by atoms with Gasteiger partial charge < -0.3 is 9.47 Å². The van der Waals surface area contributed by atoms with Gasteiger partial charge in [0.25, 0.3) is 0 Å². The van der Waals surface area contributed by atoms with Gasteiger partial charge in [-0.2, -0.15) is 0 Å². The number of alkyl halides is 2. The molecule has 3 aliphatic rings. The number of esters is 1. The van der Waals surface area contributed by atoms with Gasteiger partial charge in [0.15, 0.2) is 0 Å². The zero-order valence-corrected chi connectivity index (χ0v) is 19.7. The van der Waals surface area contributed by atoms with Crippen LogP contribution in [0.1, 0.15) is 16.8 Å². The van der Waals surface area contributed by atoms with Crippen LogP contribution in [0.3, 0.4) is 0 Å². The molecule has 6 nitrogen and oxygen atoms in total. The summed E-state index contributed by atoms with van der Waals surface area (Å²) in [6.45, 7) is 0. The Labute approximate surface area is 196 Å². The molecule has 5 rings (SSSR count). The second-order valence-corrected chi connectivity index (χ2v) is 10.2. The Balaban J connectivity index is 1.35. The number of carbonyl (C=O) groups is 3. The number of rotatable bonds is 4. The van der Waals surface area contributed by atoms with E-state index in [0.29, 0.717) is 22.7 Å². The summed E-state index contributed by atoms with van der Waals surface area (Å²) < 4.78 is 10.6. The lowest BCUT2D eigenvalue weighted by atomic mass is 9.81. The number of para-hydroxylation sites is 1. The van der Waals surface area contributed by atoms with E-state index in [0.717, 1.165) is 6.42 Å². The average molecular weight is 549 g/mol. The minimum Gasteiger partial charge on any atom is -0.496 e. The van der Waals surface area contributed by atoms with Crippen LogP contribution in [-0.2, 0) is 9.59 Å². The number of imide groups is 1. The summed E-state index contributed by atoms with van der Waals surface area (Å²) >= 11 is 7.39. The number of carbonyl (C=O) groups excluding carboxylic acids is 3. The van der Waals surface area contributed by atoms with Gasteiger partial charge in [-0.05, 0) is 54.7 Å². The fourth-order valence-electron chi connectivity index (χ4n) is 5.24. The van der Waals surface area contributed by atoms with Crippen LogP contribution >= 0.6 is 31.9 Å². The maximum atomic E-state index is 13.1. The summed E-state index contributed by atoms with van der Waals surface area (Å²) in [7, 11) is 1.49. The third kappa shape index (κ3) is 3.14. The number of benzene rings is 2. The van der Waals surface area contributed by atoms with Crippen LogP contribution in [0.4, 0.5) is 5.69 Å². The van der Waals surface area contributed by atoms with Crippen molar-refractivity contribution in [3.8, 4) is 11.5 Å². The van der Waals surface area contributed by atoms with E-state index in [9.17, 15) is 14.4 Å². The van der Waals surface area contributed by atoms with E-state index in [-0.39, 0.29) is 45.1 Å². The molecule has 160 valence electrons. The number of nitrogens with zero attached hydrogens (tertiary/aromatic N) is 1. The molecule has 0 unspecified atom stereocenters. The highest BCUT2D eigenvalue weighted by molar-refractivity contribution is 9.12. The van der Waals surface area contributed by atoms with Gasteiger partial charge in [-0.3, -0.25) is 14.5 Å². The van der Waals surface area contributed by atoms with Crippen molar-refractivity contribution in [1.29, 1.82) is 0 Å². The van der Waals surface area contributed by atoms with E-state index in [1.54, 1.807) is 48.5 Å². The van der Waals surface area contributed by atoms with Crippen LogP contribution in [0.15, 0.2) is 48.5 Å². The van der Waals surface area contributed by atoms with E-state index in [1.165, 1.54) is 12.0 Å². The van der Waals surface area contributed by atoms with Gasteiger partial charge in [0, 0.05) is 9.65 Å². The molecule has 0 N–H and O–H groups in total. The average Bonchev–Trinajstić information content (AvgIpc) is 3.39. The summed E-state index contributed by atoms with van der Waals surface area (Å²) in [4.78, 5) is 40.4. The summed E-state index contributed by atoms with van der Waals surface area (Å²) in [6.07, 6.45) is 0.893. The Kier molecular flexibility index (Phi) is 5.17. The number of ether oxygens (including phenoxy) is 2.